The van der Waals surface area contributed by atoms with E-state index < -0.39 is 23.9 Å². The molecular weight excluding hydrogens is 1010 g/mol. The third-order valence-corrected chi connectivity index (χ3v) is 11.9. The summed E-state index contributed by atoms with van der Waals surface area (Å²) in [6, 6.07) is 20.7. The van der Waals surface area contributed by atoms with Crippen LogP contribution in [0.1, 0.15) is 90.7 Å². The Hall–Kier alpha value is -8.68. The summed E-state index contributed by atoms with van der Waals surface area (Å²) >= 11 is 12.0. The fourth-order valence-corrected chi connectivity index (χ4v) is 8.42. The molecule has 0 saturated carbocycles. The van der Waals surface area contributed by atoms with Crippen LogP contribution in [0.3, 0.4) is 0 Å². The lowest BCUT2D eigenvalue weighted by molar-refractivity contribution is -0.114. The highest BCUT2D eigenvalue weighted by atomic mass is 35.5. The average Bonchev–Trinajstić information content (AvgIpc) is 3.81. The first-order chi connectivity index (χ1) is 35.6. The number of aromatic amines is 1. The van der Waals surface area contributed by atoms with Crippen molar-refractivity contribution in [2.75, 3.05) is 5.32 Å². The van der Waals surface area contributed by atoms with E-state index >= 15 is 0 Å². The first-order valence-electron chi connectivity index (χ1n) is 23.2. The molecule has 3 aromatic carbocycles. The lowest BCUT2D eigenvalue weighted by Crippen LogP contribution is -2.17. The van der Waals surface area contributed by atoms with Gasteiger partial charge in [-0.05, 0) is 139 Å². The number of ether oxygens (including phenoxy) is 3. The van der Waals surface area contributed by atoms with E-state index in [-0.39, 0.29) is 67.9 Å². The molecule has 6 heterocycles. The number of aromatic nitrogens is 6. The van der Waals surface area contributed by atoms with Crippen molar-refractivity contribution in [2.45, 2.75) is 80.6 Å². The van der Waals surface area contributed by atoms with Gasteiger partial charge in [0.25, 0.3) is 5.91 Å². The number of benzene rings is 3. The van der Waals surface area contributed by atoms with Gasteiger partial charge in [-0.15, -0.1) is 0 Å². The highest BCUT2D eigenvalue weighted by Gasteiger charge is 2.25. The van der Waals surface area contributed by atoms with Gasteiger partial charge in [-0.2, -0.15) is 0 Å². The molecule has 384 valence electrons. The zero-order valence-electron chi connectivity index (χ0n) is 41.9. The van der Waals surface area contributed by atoms with E-state index in [1.165, 1.54) is 19.1 Å². The number of carbonyl (C=O) groups is 2. The Bertz CT molecular complexity index is 3850. The summed E-state index contributed by atoms with van der Waals surface area (Å²) < 4.78 is 35.1. The van der Waals surface area contributed by atoms with Gasteiger partial charge in [-0.3, -0.25) is 28.7 Å². The standard InChI is InChI=1S/C27H24ClN5O6.C27H24ClN3O5/c1-12(2)36-26-29-10-16(11-30-26)23-14(4)22(34)18-9-13(3)8-17(24(18)38-23)15(5)37-19-6-7-20(28)31-21(19)25-32-27(35)39-33-25;1-13-11-19(15(3)35-21-9-10-22(28)31-23(21)27(29)34)26-20(12-13)24(33)14(2)25(36-26)17-5-7-18(8-6-17)30-16(4)32/h6-12,15H,1-5H3,(H,32,33,35);5-12,15H,1-4H3,(H2,29,34)(H,30,32). The van der Waals surface area contributed by atoms with Gasteiger partial charge in [0.05, 0.1) is 22.4 Å². The molecule has 19 nitrogen and oxygen atoms in total. The molecule has 2 amide bonds. The molecule has 9 rings (SSSR count). The average molecular weight is 1060 g/mol. The number of nitrogens with two attached hydrogens (primary N) is 1. The Balaban J connectivity index is 0.000000200. The molecule has 0 saturated heterocycles. The maximum atomic E-state index is 13.5. The highest BCUT2D eigenvalue weighted by molar-refractivity contribution is 6.29. The fraction of sp³-hybridized carbons (Fsp3) is 0.222. The molecular formula is C54H48Cl2N8O11. The Morgan fingerprint density at radius 1 is 0.680 bits per heavy atom. The van der Waals surface area contributed by atoms with E-state index in [1.54, 1.807) is 88.6 Å². The summed E-state index contributed by atoms with van der Waals surface area (Å²) in [6.45, 7) is 15.9. The molecule has 4 N–H and O–H groups in total. The zero-order valence-corrected chi connectivity index (χ0v) is 43.4. The number of rotatable bonds is 13. The zero-order chi connectivity index (χ0) is 54.0. The molecule has 0 aliphatic carbocycles. The van der Waals surface area contributed by atoms with Crippen LogP contribution in [0.2, 0.25) is 10.3 Å². The fourth-order valence-electron chi connectivity index (χ4n) is 8.12. The van der Waals surface area contributed by atoms with Crippen molar-refractivity contribution in [1.29, 1.82) is 0 Å². The van der Waals surface area contributed by atoms with Crippen LogP contribution in [0, 0.1) is 27.7 Å². The van der Waals surface area contributed by atoms with Crippen molar-refractivity contribution in [3.8, 4) is 51.7 Å². The number of hydrogen-bond acceptors (Lipinski definition) is 16. The summed E-state index contributed by atoms with van der Waals surface area (Å²) in [5.41, 5.74) is 11.6. The van der Waals surface area contributed by atoms with E-state index in [2.05, 4.69) is 39.9 Å². The number of halogens is 2. The molecule has 0 aliphatic heterocycles. The van der Waals surface area contributed by atoms with Crippen molar-refractivity contribution in [1.82, 2.24) is 30.1 Å². The minimum absolute atomic E-state index is 0.0631. The molecule has 21 heteroatoms. The molecule has 0 fully saturated rings. The molecule has 0 spiro atoms. The Labute approximate surface area is 437 Å². The van der Waals surface area contributed by atoms with E-state index in [4.69, 9.17) is 52.0 Å². The van der Waals surface area contributed by atoms with Crippen molar-refractivity contribution in [2.24, 2.45) is 5.73 Å². The molecule has 75 heavy (non-hydrogen) atoms. The third kappa shape index (κ3) is 11.6. The minimum atomic E-state index is -0.777. The number of aryl methyl sites for hydroxylation is 2. The third-order valence-electron chi connectivity index (χ3n) is 11.5. The summed E-state index contributed by atoms with van der Waals surface area (Å²) in [5.74, 6) is -0.435. The number of H-pyrrole nitrogens is 1. The van der Waals surface area contributed by atoms with E-state index in [1.807, 2.05) is 39.8 Å². The number of anilines is 1. The van der Waals surface area contributed by atoms with Gasteiger partial charge in [0.1, 0.15) is 51.0 Å². The Morgan fingerprint density at radius 3 is 1.71 bits per heavy atom. The molecule has 6 aromatic heterocycles. The van der Waals surface area contributed by atoms with E-state index in [0.29, 0.717) is 72.5 Å². The van der Waals surface area contributed by atoms with Crippen LogP contribution >= 0.6 is 23.2 Å². The summed E-state index contributed by atoms with van der Waals surface area (Å²) in [6.07, 6.45) is 1.78. The first kappa shape index (κ1) is 52.6. The molecule has 9 aromatic rings. The lowest BCUT2D eigenvalue weighted by atomic mass is 10.00. The monoisotopic (exact) mass is 1050 g/mol. The number of nitrogens with zero attached hydrogens (tertiary/aromatic N) is 5. The molecule has 2 unspecified atom stereocenters. The van der Waals surface area contributed by atoms with Crippen LogP contribution in [-0.4, -0.2) is 48.0 Å². The topological polar surface area (TPSA) is 271 Å². The second kappa shape index (κ2) is 21.8. The summed E-state index contributed by atoms with van der Waals surface area (Å²) in [5, 5.41) is 7.53. The number of fused-ring (bicyclic) bond motifs is 2. The van der Waals surface area contributed by atoms with Crippen LogP contribution < -0.4 is 41.9 Å². The van der Waals surface area contributed by atoms with Gasteiger partial charge in [0, 0.05) is 52.8 Å². The van der Waals surface area contributed by atoms with Crippen LogP contribution in [0.15, 0.2) is 113 Å². The molecule has 2 atom stereocenters. The molecule has 0 bridgehead atoms. The number of primary amides is 1. The number of pyridine rings is 2. The SMILES string of the molecule is CC(=O)Nc1ccc(-c2oc3c(C(C)Oc4ccc(Cl)nc4C(N)=O)cc(C)cc3c(=O)c2C)cc1.Cc1cc(C(C)Oc2ccc(Cl)nc2-c2noc(=O)[nH]2)c2oc(-c3cnc(OC(C)C)nc3)c(C)c(=O)c2c1. The van der Waals surface area contributed by atoms with Crippen molar-refractivity contribution in [3.05, 3.63) is 166 Å². The van der Waals surface area contributed by atoms with E-state index in [0.717, 1.165) is 11.1 Å². The smallest absolute Gasteiger partial charge is 0.439 e. The minimum Gasteiger partial charge on any atom is -0.483 e. The van der Waals surface area contributed by atoms with Gasteiger partial charge in [0.2, 0.25) is 11.7 Å². The van der Waals surface area contributed by atoms with Crippen LogP contribution in [0.4, 0.5) is 5.69 Å². The Morgan fingerprint density at radius 2 is 1.20 bits per heavy atom. The Kier molecular flexibility index (Phi) is 15.3. The van der Waals surface area contributed by atoms with Crippen LogP contribution in [0.25, 0.3) is 56.1 Å². The van der Waals surface area contributed by atoms with Crippen LogP contribution in [0.5, 0.6) is 17.5 Å². The number of hydrogen-bond donors (Lipinski definition) is 3. The van der Waals surface area contributed by atoms with Crippen molar-refractivity contribution in [3.63, 3.8) is 0 Å². The predicted molar refractivity (Wildman–Crippen MR) is 282 cm³/mol. The maximum Gasteiger partial charge on any atom is 0.439 e. The second-order valence-corrected chi connectivity index (χ2v) is 18.5. The molecule has 0 radical (unpaired) electrons. The summed E-state index contributed by atoms with van der Waals surface area (Å²) in [4.78, 5) is 80.7. The maximum absolute atomic E-state index is 13.5. The number of nitrogens with one attached hydrogen (secondary N) is 2. The predicted octanol–water partition coefficient (Wildman–Crippen LogP) is 10.5. The van der Waals surface area contributed by atoms with Crippen molar-refractivity contribution < 1.29 is 37.2 Å². The second-order valence-electron chi connectivity index (χ2n) is 17.7. The quantitative estimate of drug-likeness (QED) is 0.0906. The van der Waals surface area contributed by atoms with Gasteiger partial charge < -0.3 is 34.1 Å². The summed E-state index contributed by atoms with van der Waals surface area (Å²) in [7, 11) is 0. The van der Waals surface area contributed by atoms with Crippen LogP contribution in [-0.2, 0) is 4.79 Å². The van der Waals surface area contributed by atoms with Gasteiger partial charge in [-0.1, -0.05) is 28.4 Å². The number of amides is 2. The largest absolute Gasteiger partial charge is 0.483 e. The van der Waals surface area contributed by atoms with Gasteiger partial charge >= 0.3 is 11.8 Å². The molecule has 0 aliphatic rings. The lowest BCUT2D eigenvalue weighted by Gasteiger charge is -2.19. The van der Waals surface area contributed by atoms with E-state index in [9.17, 15) is 24.0 Å². The normalized spacial score (nSPS) is 12.0. The van der Waals surface area contributed by atoms with Gasteiger partial charge in [0.15, 0.2) is 28.0 Å². The highest BCUT2D eigenvalue weighted by Crippen LogP contribution is 2.37. The van der Waals surface area contributed by atoms with Crippen molar-refractivity contribution >= 4 is 62.6 Å². The van der Waals surface area contributed by atoms with Gasteiger partial charge in [-0.25, -0.2) is 24.7 Å². The first-order valence-corrected chi connectivity index (χ1v) is 24.0. The number of carbonyl (C=O) groups excluding carboxylic acids is 2.